The van der Waals surface area contributed by atoms with Gasteiger partial charge in [-0.2, -0.15) is 0 Å². The molecule has 1 aromatic carbocycles. The summed E-state index contributed by atoms with van der Waals surface area (Å²) in [6, 6.07) is 9.80. The molecule has 0 amide bonds. The van der Waals surface area contributed by atoms with E-state index in [2.05, 4.69) is 16.0 Å². The van der Waals surface area contributed by atoms with Crippen LogP contribution in [0, 0.1) is 0 Å². The summed E-state index contributed by atoms with van der Waals surface area (Å²) in [5.41, 5.74) is 8.84. The van der Waals surface area contributed by atoms with Gasteiger partial charge in [-0.05, 0) is 31.5 Å². The molecular weight excluding hydrogens is 250 g/mol. The maximum Gasteiger partial charge on any atom is 0.123 e. The van der Waals surface area contributed by atoms with E-state index in [1.54, 1.807) is 6.20 Å². The first kappa shape index (κ1) is 14.2. The highest BCUT2D eigenvalue weighted by Gasteiger charge is 2.07. The Morgan fingerprint density at radius 1 is 1.30 bits per heavy atom. The van der Waals surface area contributed by atoms with Crippen molar-refractivity contribution in [1.29, 1.82) is 0 Å². The Morgan fingerprint density at radius 3 is 2.75 bits per heavy atom. The van der Waals surface area contributed by atoms with E-state index in [1.807, 2.05) is 51.4 Å². The van der Waals surface area contributed by atoms with E-state index in [-0.39, 0.29) is 6.10 Å². The Morgan fingerprint density at radius 2 is 2.10 bits per heavy atom. The average molecular weight is 271 g/mol. The molecule has 0 fully saturated rings. The number of nitrogens with zero attached hydrogens (tertiary/aromatic N) is 2. The van der Waals surface area contributed by atoms with Crippen LogP contribution in [-0.2, 0) is 6.54 Å². The normalized spacial score (nSPS) is 10.6. The van der Waals surface area contributed by atoms with E-state index in [9.17, 15) is 0 Å². The Kier molecular flexibility index (Phi) is 4.45. The fourth-order valence-electron chi connectivity index (χ4n) is 2.02. The fraction of sp³-hybridized carbons (Fsp3) is 0.312. The number of rotatable bonds is 5. The van der Waals surface area contributed by atoms with Crippen molar-refractivity contribution in [3.63, 3.8) is 0 Å². The highest BCUT2D eigenvalue weighted by molar-refractivity contribution is 5.60. The standard InChI is InChI=1S/C16H21N3O/c1-12(2)20-16-8-14(17)7-15(9-16)19(3)11-13-5-4-6-18-10-13/h4-10,12H,11,17H2,1-3H3. The van der Waals surface area contributed by atoms with Gasteiger partial charge in [0.15, 0.2) is 0 Å². The van der Waals surface area contributed by atoms with Gasteiger partial charge in [0.25, 0.3) is 0 Å². The third-order valence-corrected chi connectivity index (χ3v) is 2.87. The molecule has 0 saturated carbocycles. The summed E-state index contributed by atoms with van der Waals surface area (Å²) in [6.07, 6.45) is 3.78. The van der Waals surface area contributed by atoms with Gasteiger partial charge < -0.3 is 15.4 Å². The average Bonchev–Trinajstić information content (AvgIpc) is 2.38. The SMILES string of the molecule is CC(C)Oc1cc(N)cc(N(C)Cc2cccnc2)c1. The first-order valence-corrected chi connectivity index (χ1v) is 6.72. The Hall–Kier alpha value is -2.23. The van der Waals surface area contributed by atoms with Crippen LogP contribution in [0.3, 0.4) is 0 Å². The van der Waals surface area contributed by atoms with Gasteiger partial charge in [0.05, 0.1) is 6.10 Å². The van der Waals surface area contributed by atoms with Gasteiger partial charge in [0, 0.05) is 49.5 Å². The Balaban J connectivity index is 2.16. The topological polar surface area (TPSA) is 51.4 Å². The minimum absolute atomic E-state index is 0.133. The number of hydrogen-bond donors (Lipinski definition) is 1. The number of aromatic nitrogens is 1. The Bertz CT molecular complexity index is 555. The van der Waals surface area contributed by atoms with Crippen LogP contribution in [0.25, 0.3) is 0 Å². The summed E-state index contributed by atoms with van der Waals surface area (Å²) in [6.45, 7) is 4.78. The van der Waals surface area contributed by atoms with Gasteiger partial charge in [-0.15, -0.1) is 0 Å². The molecule has 2 aromatic rings. The largest absolute Gasteiger partial charge is 0.491 e. The quantitative estimate of drug-likeness (QED) is 0.849. The van der Waals surface area contributed by atoms with Crippen LogP contribution in [0.1, 0.15) is 19.4 Å². The molecule has 0 bridgehead atoms. The second-order valence-electron chi connectivity index (χ2n) is 5.14. The molecule has 1 heterocycles. The van der Waals surface area contributed by atoms with E-state index in [0.29, 0.717) is 5.69 Å². The third kappa shape index (κ3) is 3.88. The van der Waals surface area contributed by atoms with Crippen molar-refractivity contribution in [1.82, 2.24) is 4.98 Å². The molecule has 106 valence electrons. The second-order valence-corrected chi connectivity index (χ2v) is 5.14. The van der Waals surface area contributed by atoms with Crippen molar-refractivity contribution in [2.24, 2.45) is 0 Å². The van der Waals surface area contributed by atoms with Crippen LogP contribution in [0.2, 0.25) is 0 Å². The molecule has 0 atom stereocenters. The van der Waals surface area contributed by atoms with Crippen molar-refractivity contribution in [3.05, 3.63) is 48.3 Å². The van der Waals surface area contributed by atoms with Gasteiger partial charge in [0.1, 0.15) is 5.75 Å². The van der Waals surface area contributed by atoms with Crippen molar-refractivity contribution < 1.29 is 4.74 Å². The molecule has 4 nitrogen and oxygen atoms in total. The van der Waals surface area contributed by atoms with Gasteiger partial charge in [-0.1, -0.05) is 6.07 Å². The summed E-state index contributed by atoms with van der Waals surface area (Å²) < 4.78 is 5.72. The molecule has 2 N–H and O–H groups in total. The van der Waals surface area contributed by atoms with E-state index in [0.717, 1.165) is 23.5 Å². The molecule has 4 heteroatoms. The van der Waals surface area contributed by atoms with Gasteiger partial charge in [-0.25, -0.2) is 0 Å². The highest BCUT2D eigenvalue weighted by atomic mass is 16.5. The molecule has 0 spiro atoms. The first-order valence-electron chi connectivity index (χ1n) is 6.72. The predicted molar refractivity (Wildman–Crippen MR) is 83.0 cm³/mol. The lowest BCUT2D eigenvalue weighted by Crippen LogP contribution is -2.17. The second kappa shape index (κ2) is 6.28. The monoisotopic (exact) mass is 271 g/mol. The minimum atomic E-state index is 0.133. The van der Waals surface area contributed by atoms with E-state index >= 15 is 0 Å². The summed E-state index contributed by atoms with van der Waals surface area (Å²) in [5, 5.41) is 0. The number of ether oxygens (including phenoxy) is 1. The van der Waals surface area contributed by atoms with Crippen LogP contribution in [0.15, 0.2) is 42.7 Å². The number of pyridine rings is 1. The summed E-state index contributed by atoms with van der Waals surface area (Å²) in [5.74, 6) is 0.799. The molecule has 0 aliphatic rings. The van der Waals surface area contributed by atoms with Crippen LogP contribution in [-0.4, -0.2) is 18.1 Å². The zero-order chi connectivity index (χ0) is 14.5. The summed E-state index contributed by atoms with van der Waals surface area (Å²) in [7, 11) is 2.03. The maximum absolute atomic E-state index is 5.95. The molecule has 0 aliphatic carbocycles. The van der Waals surface area contributed by atoms with E-state index in [1.165, 1.54) is 0 Å². The number of nitrogen functional groups attached to an aromatic ring is 1. The lowest BCUT2D eigenvalue weighted by molar-refractivity contribution is 0.242. The van der Waals surface area contributed by atoms with Crippen molar-refractivity contribution >= 4 is 11.4 Å². The number of anilines is 2. The molecule has 1 aromatic heterocycles. The molecule has 2 rings (SSSR count). The molecule has 0 radical (unpaired) electrons. The smallest absolute Gasteiger partial charge is 0.123 e. The Labute approximate surface area is 120 Å². The van der Waals surface area contributed by atoms with Gasteiger partial charge >= 0.3 is 0 Å². The van der Waals surface area contributed by atoms with Gasteiger partial charge in [0.2, 0.25) is 0 Å². The molecule has 0 unspecified atom stereocenters. The number of nitrogens with two attached hydrogens (primary N) is 1. The maximum atomic E-state index is 5.95. The van der Waals surface area contributed by atoms with Crippen molar-refractivity contribution in [2.75, 3.05) is 17.7 Å². The molecule has 0 saturated heterocycles. The number of benzene rings is 1. The van der Waals surface area contributed by atoms with E-state index in [4.69, 9.17) is 10.5 Å². The molecule has 20 heavy (non-hydrogen) atoms. The first-order chi connectivity index (χ1) is 9.54. The highest BCUT2D eigenvalue weighted by Crippen LogP contribution is 2.26. The number of hydrogen-bond acceptors (Lipinski definition) is 4. The lowest BCUT2D eigenvalue weighted by Gasteiger charge is -2.21. The van der Waals surface area contributed by atoms with Crippen molar-refractivity contribution in [3.8, 4) is 5.75 Å². The fourth-order valence-corrected chi connectivity index (χ4v) is 2.02. The third-order valence-electron chi connectivity index (χ3n) is 2.87. The van der Waals surface area contributed by atoms with Crippen LogP contribution >= 0.6 is 0 Å². The van der Waals surface area contributed by atoms with Crippen LogP contribution < -0.4 is 15.4 Å². The predicted octanol–water partition coefficient (Wildman–Crippen LogP) is 3.09. The summed E-state index contributed by atoms with van der Waals surface area (Å²) >= 11 is 0. The summed E-state index contributed by atoms with van der Waals surface area (Å²) in [4.78, 5) is 6.26. The van der Waals surface area contributed by atoms with Crippen molar-refractivity contribution in [2.45, 2.75) is 26.5 Å². The zero-order valence-corrected chi connectivity index (χ0v) is 12.2. The minimum Gasteiger partial charge on any atom is -0.491 e. The lowest BCUT2D eigenvalue weighted by atomic mass is 10.2. The molecule has 0 aliphatic heterocycles. The zero-order valence-electron chi connectivity index (χ0n) is 12.2. The molecular formula is C16H21N3O. The van der Waals surface area contributed by atoms with Crippen LogP contribution in [0.4, 0.5) is 11.4 Å². The van der Waals surface area contributed by atoms with E-state index < -0.39 is 0 Å². The van der Waals surface area contributed by atoms with Gasteiger partial charge in [-0.3, -0.25) is 4.98 Å². The van der Waals surface area contributed by atoms with Crippen LogP contribution in [0.5, 0.6) is 5.75 Å².